The second-order valence-corrected chi connectivity index (χ2v) is 9.06. The predicted molar refractivity (Wildman–Crippen MR) is 136 cm³/mol. The van der Waals surface area contributed by atoms with Crippen LogP contribution >= 0.6 is 11.3 Å². The lowest BCUT2D eigenvalue weighted by Gasteiger charge is -2.08. The van der Waals surface area contributed by atoms with Gasteiger partial charge in [-0.05, 0) is 69.8 Å². The zero-order chi connectivity index (χ0) is 21.5. The molecule has 0 unspecified atom stereocenters. The van der Waals surface area contributed by atoms with Crippen LogP contribution in [0, 0.1) is 5.82 Å². The molecule has 0 amide bonds. The molecule has 0 fully saturated rings. The summed E-state index contributed by atoms with van der Waals surface area (Å²) in [5, 5.41) is 2.63. The molecule has 0 bridgehead atoms. The van der Waals surface area contributed by atoms with Crippen molar-refractivity contribution in [2.45, 2.75) is 0 Å². The van der Waals surface area contributed by atoms with Crippen LogP contribution in [-0.4, -0.2) is 0 Å². The molecule has 0 nitrogen and oxygen atoms in total. The number of benzene rings is 5. The molecule has 6 rings (SSSR count). The standard InChI is InChI=1S/C30H19FS/c31-26-8-4-7-24(18-26)21-13-11-20(12-14-21)22-5-3-6-23(17-22)25-15-16-30-28(19-25)27-9-1-2-10-29(27)32-30/h1-19H. The van der Waals surface area contributed by atoms with Crippen LogP contribution in [0.25, 0.3) is 53.6 Å². The summed E-state index contributed by atoms with van der Waals surface area (Å²) < 4.78 is 16.2. The monoisotopic (exact) mass is 430 g/mol. The molecule has 0 saturated carbocycles. The minimum Gasteiger partial charge on any atom is -0.207 e. The zero-order valence-electron chi connectivity index (χ0n) is 17.3. The molecule has 0 saturated heterocycles. The lowest BCUT2D eigenvalue weighted by molar-refractivity contribution is 0.628. The Morgan fingerprint density at radius 3 is 1.72 bits per heavy atom. The van der Waals surface area contributed by atoms with Crippen molar-refractivity contribution in [2.75, 3.05) is 0 Å². The van der Waals surface area contributed by atoms with Crippen molar-refractivity contribution < 1.29 is 4.39 Å². The van der Waals surface area contributed by atoms with Gasteiger partial charge in [-0.2, -0.15) is 0 Å². The lowest BCUT2D eigenvalue weighted by Crippen LogP contribution is -1.83. The van der Waals surface area contributed by atoms with Crippen molar-refractivity contribution in [3.05, 3.63) is 121 Å². The highest BCUT2D eigenvalue weighted by molar-refractivity contribution is 7.25. The molecule has 32 heavy (non-hydrogen) atoms. The van der Waals surface area contributed by atoms with E-state index in [-0.39, 0.29) is 5.82 Å². The Balaban J connectivity index is 1.37. The fourth-order valence-electron chi connectivity index (χ4n) is 4.31. The predicted octanol–water partition coefficient (Wildman–Crippen LogP) is 9.19. The van der Waals surface area contributed by atoms with Crippen molar-refractivity contribution in [1.82, 2.24) is 0 Å². The average molecular weight is 431 g/mol. The van der Waals surface area contributed by atoms with Crippen molar-refractivity contribution in [2.24, 2.45) is 0 Å². The van der Waals surface area contributed by atoms with Crippen LogP contribution in [0.1, 0.15) is 0 Å². The molecule has 0 radical (unpaired) electrons. The Morgan fingerprint density at radius 1 is 0.406 bits per heavy atom. The Labute approximate surface area is 190 Å². The molecule has 0 atom stereocenters. The Kier molecular flexibility index (Phi) is 4.59. The topological polar surface area (TPSA) is 0 Å². The first-order chi connectivity index (χ1) is 15.7. The van der Waals surface area contributed by atoms with Gasteiger partial charge in [0.25, 0.3) is 0 Å². The van der Waals surface area contributed by atoms with E-state index in [1.165, 1.54) is 42.9 Å². The van der Waals surface area contributed by atoms with Crippen LogP contribution in [0.2, 0.25) is 0 Å². The van der Waals surface area contributed by atoms with Gasteiger partial charge in [-0.1, -0.05) is 78.9 Å². The van der Waals surface area contributed by atoms with Crippen LogP contribution in [0.5, 0.6) is 0 Å². The summed E-state index contributed by atoms with van der Waals surface area (Å²) in [4.78, 5) is 0. The van der Waals surface area contributed by atoms with Crippen LogP contribution in [0.3, 0.4) is 0 Å². The highest BCUT2D eigenvalue weighted by Crippen LogP contribution is 2.37. The normalized spacial score (nSPS) is 11.3. The molecule has 0 N–H and O–H groups in total. The minimum absolute atomic E-state index is 0.213. The number of hydrogen-bond acceptors (Lipinski definition) is 1. The third-order valence-corrected chi connectivity index (χ3v) is 7.10. The van der Waals surface area contributed by atoms with Gasteiger partial charge in [0, 0.05) is 20.2 Å². The molecule has 6 aromatic rings. The molecular formula is C30H19FS. The van der Waals surface area contributed by atoms with Gasteiger partial charge in [-0.3, -0.25) is 0 Å². The lowest BCUT2D eigenvalue weighted by atomic mass is 9.96. The maximum absolute atomic E-state index is 13.6. The fourth-order valence-corrected chi connectivity index (χ4v) is 5.39. The first kappa shape index (κ1) is 19.0. The van der Waals surface area contributed by atoms with Gasteiger partial charge in [0.2, 0.25) is 0 Å². The maximum atomic E-state index is 13.6. The summed E-state index contributed by atoms with van der Waals surface area (Å²) in [5.41, 5.74) is 6.64. The number of thiophene rings is 1. The largest absolute Gasteiger partial charge is 0.207 e. The minimum atomic E-state index is -0.213. The quantitative estimate of drug-likeness (QED) is 0.262. The average Bonchev–Trinajstić information content (AvgIpc) is 3.22. The highest BCUT2D eigenvalue weighted by atomic mass is 32.1. The SMILES string of the molecule is Fc1cccc(-c2ccc(-c3cccc(-c4ccc5sc6ccccc6c5c4)c3)cc2)c1. The molecular weight excluding hydrogens is 411 g/mol. The molecule has 5 aromatic carbocycles. The van der Waals surface area contributed by atoms with Crippen molar-refractivity contribution in [3.63, 3.8) is 0 Å². The molecule has 1 aromatic heterocycles. The second-order valence-electron chi connectivity index (χ2n) is 7.98. The van der Waals surface area contributed by atoms with E-state index in [0.717, 1.165) is 16.7 Å². The van der Waals surface area contributed by atoms with Gasteiger partial charge >= 0.3 is 0 Å². The third kappa shape index (κ3) is 3.39. The summed E-state index contributed by atoms with van der Waals surface area (Å²) in [7, 11) is 0. The van der Waals surface area contributed by atoms with E-state index in [1.807, 2.05) is 17.4 Å². The highest BCUT2D eigenvalue weighted by Gasteiger charge is 2.08. The van der Waals surface area contributed by atoms with Crippen LogP contribution in [0.4, 0.5) is 4.39 Å². The summed E-state index contributed by atoms with van der Waals surface area (Å²) in [6.45, 7) is 0. The van der Waals surface area contributed by atoms with Crippen LogP contribution in [-0.2, 0) is 0 Å². The van der Waals surface area contributed by atoms with Gasteiger partial charge in [0.1, 0.15) is 5.82 Å². The molecule has 1 heterocycles. The van der Waals surface area contributed by atoms with Crippen molar-refractivity contribution in [3.8, 4) is 33.4 Å². The maximum Gasteiger partial charge on any atom is 0.123 e. The Hall–Kier alpha value is -3.75. The number of halogens is 1. The summed E-state index contributed by atoms with van der Waals surface area (Å²) in [5.74, 6) is -0.213. The van der Waals surface area contributed by atoms with Gasteiger partial charge in [0.05, 0.1) is 0 Å². The molecule has 0 aliphatic rings. The first-order valence-corrected chi connectivity index (χ1v) is 11.4. The third-order valence-electron chi connectivity index (χ3n) is 5.95. The van der Waals surface area contributed by atoms with Gasteiger partial charge in [-0.15, -0.1) is 11.3 Å². The Morgan fingerprint density at radius 2 is 0.969 bits per heavy atom. The van der Waals surface area contributed by atoms with Crippen molar-refractivity contribution >= 4 is 31.5 Å². The van der Waals surface area contributed by atoms with Gasteiger partial charge in [-0.25, -0.2) is 4.39 Å². The summed E-state index contributed by atoms with van der Waals surface area (Å²) in [6, 6.07) is 39.1. The van der Waals surface area contributed by atoms with Gasteiger partial charge < -0.3 is 0 Å². The Bertz CT molecular complexity index is 1570. The van der Waals surface area contributed by atoms with E-state index in [0.29, 0.717) is 0 Å². The van der Waals surface area contributed by atoms with E-state index in [9.17, 15) is 4.39 Å². The van der Waals surface area contributed by atoms with Crippen molar-refractivity contribution in [1.29, 1.82) is 0 Å². The van der Waals surface area contributed by atoms with Crippen LogP contribution < -0.4 is 0 Å². The van der Waals surface area contributed by atoms with E-state index in [2.05, 4.69) is 91.0 Å². The van der Waals surface area contributed by atoms with Crippen LogP contribution in [0.15, 0.2) is 115 Å². The van der Waals surface area contributed by atoms with Gasteiger partial charge in [0.15, 0.2) is 0 Å². The van der Waals surface area contributed by atoms with E-state index in [1.54, 1.807) is 12.1 Å². The first-order valence-electron chi connectivity index (χ1n) is 10.6. The van der Waals surface area contributed by atoms with E-state index < -0.39 is 0 Å². The molecule has 0 aliphatic heterocycles. The molecule has 0 aliphatic carbocycles. The second kappa shape index (κ2) is 7.74. The van der Waals surface area contributed by atoms with E-state index >= 15 is 0 Å². The summed E-state index contributed by atoms with van der Waals surface area (Å²) in [6.07, 6.45) is 0. The molecule has 152 valence electrons. The summed E-state index contributed by atoms with van der Waals surface area (Å²) >= 11 is 1.84. The smallest absolute Gasteiger partial charge is 0.123 e. The molecule has 0 spiro atoms. The number of hydrogen-bond donors (Lipinski definition) is 0. The number of rotatable bonds is 3. The van der Waals surface area contributed by atoms with E-state index in [4.69, 9.17) is 0 Å². The number of fused-ring (bicyclic) bond motifs is 3. The molecule has 2 heteroatoms. The zero-order valence-corrected chi connectivity index (χ0v) is 18.1. The fraction of sp³-hybridized carbons (Fsp3) is 0.